The van der Waals surface area contributed by atoms with E-state index in [0.29, 0.717) is 15.7 Å². The minimum absolute atomic E-state index is 0.531. The highest BCUT2D eigenvalue weighted by atomic mass is 35.5. The molecule has 0 amide bonds. The van der Waals surface area contributed by atoms with Crippen molar-refractivity contribution in [2.24, 2.45) is 10.2 Å². The van der Waals surface area contributed by atoms with Gasteiger partial charge in [0.05, 0.1) is 10.7 Å². The molecule has 0 aliphatic carbocycles. The third-order valence-corrected chi connectivity index (χ3v) is 3.71. The minimum atomic E-state index is 0.531. The monoisotopic (exact) mass is 321 g/mol. The third kappa shape index (κ3) is 3.74. The Bertz CT molecular complexity index is 671. The quantitative estimate of drug-likeness (QED) is 0.628. The van der Waals surface area contributed by atoms with E-state index >= 15 is 0 Å². The number of benzene rings is 2. The number of hydrogen-bond donors (Lipinski definition) is 0. The van der Waals surface area contributed by atoms with Gasteiger partial charge in [0.25, 0.3) is 0 Å². The molecule has 3 nitrogen and oxygen atoms in total. The fourth-order valence-electron chi connectivity index (χ4n) is 2.02. The van der Waals surface area contributed by atoms with Gasteiger partial charge in [-0.15, -0.1) is 10.2 Å². The predicted molar refractivity (Wildman–Crippen MR) is 90.9 cm³/mol. The van der Waals surface area contributed by atoms with E-state index in [1.54, 1.807) is 18.2 Å². The minimum Gasteiger partial charge on any atom is -0.378 e. The van der Waals surface area contributed by atoms with Crippen LogP contribution < -0.4 is 4.90 Å². The number of azo groups is 1. The molecule has 0 aliphatic heterocycles. The van der Waals surface area contributed by atoms with Gasteiger partial charge in [-0.2, -0.15) is 0 Å². The van der Waals surface area contributed by atoms with E-state index in [4.69, 9.17) is 23.2 Å². The summed E-state index contributed by atoms with van der Waals surface area (Å²) in [6.45, 7) is 4.04. The lowest BCUT2D eigenvalue weighted by molar-refractivity contribution is 1.11. The van der Waals surface area contributed by atoms with Crippen LogP contribution in [-0.2, 0) is 0 Å². The first kappa shape index (κ1) is 15.8. The summed E-state index contributed by atoms with van der Waals surface area (Å²) in [7, 11) is 4.03. The highest BCUT2D eigenvalue weighted by Gasteiger charge is 2.06. The molecule has 0 heterocycles. The van der Waals surface area contributed by atoms with Gasteiger partial charge in [0.1, 0.15) is 5.69 Å². The SMILES string of the molecule is Cc1cc(N(C)C)cc(C)c1N=Nc1cc(Cl)ccc1Cl. The van der Waals surface area contributed by atoms with Crippen LogP contribution >= 0.6 is 23.2 Å². The molecule has 0 aliphatic rings. The summed E-state index contributed by atoms with van der Waals surface area (Å²) in [4.78, 5) is 2.06. The van der Waals surface area contributed by atoms with Gasteiger partial charge in [0, 0.05) is 24.8 Å². The molecule has 0 radical (unpaired) electrons. The molecule has 0 unspecified atom stereocenters. The Kier molecular flexibility index (Phi) is 4.86. The Morgan fingerprint density at radius 2 is 1.52 bits per heavy atom. The number of aryl methyl sites for hydroxylation is 2. The van der Waals surface area contributed by atoms with Crippen LogP contribution in [-0.4, -0.2) is 14.1 Å². The first-order valence-corrected chi connectivity index (χ1v) is 7.29. The van der Waals surface area contributed by atoms with Crippen molar-refractivity contribution in [2.75, 3.05) is 19.0 Å². The van der Waals surface area contributed by atoms with Gasteiger partial charge >= 0.3 is 0 Å². The Balaban J connectivity index is 2.39. The van der Waals surface area contributed by atoms with E-state index in [1.807, 2.05) is 27.9 Å². The second kappa shape index (κ2) is 6.46. The lowest BCUT2D eigenvalue weighted by atomic mass is 10.1. The maximum absolute atomic E-state index is 6.09. The van der Waals surface area contributed by atoms with Crippen molar-refractivity contribution in [1.29, 1.82) is 0 Å². The first-order valence-electron chi connectivity index (χ1n) is 6.54. The summed E-state index contributed by atoms with van der Waals surface area (Å²) in [6, 6.07) is 9.31. The molecule has 0 bridgehead atoms. The summed E-state index contributed by atoms with van der Waals surface area (Å²) < 4.78 is 0. The molecule has 0 saturated heterocycles. The average molecular weight is 322 g/mol. The van der Waals surface area contributed by atoms with Crippen LogP contribution in [0.2, 0.25) is 10.0 Å². The Morgan fingerprint density at radius 3 is 2.10 bits per heavy atom. The summed E-state index contributed by atoms with van der Waals surface area (Å²) >= 11 is 12.0. The normalized spacial score (nSPS) is 11.1. The molecule has 2 rings (SSSR count). The largest absolute Gasteiger partial charge is 0.378 e. The van der Waals surface area contributed by atoms with Crippen LogP contribution in [0, 0.1) is 13.8 Å². The van der Waals surface area contributed by atoms with Gasteiger partial charge < -0.3 is 4.90 Å². The fourth-order valence-corrected chi connectivity index (χ4v) is 2.34. The molecule has 0 saturated carbocycles. The number of halogens is 2. The summed E-state index contributed by atoms with van der Waals surface area (Å²) in [5.74, 6) is 0. The maximum Gasteiger partial charge on any atom is 0.106 e. The molecule has 0 N–H and O–H groups in total. The van der Waals surface area contributed by atoms with Crippen molar-refractivity contribution in [1.82, 2.24) is 0 Å². The predicted octanol–water partition coefficient (Wildman–Crippen LogP) is 6.09. The fraction of sp³-hybridized carbons (Fsp3) is 0.250. The molecule has 0 aromatic heterocycles. The van der Waals surface area contributed by atoms with Crippen LogP contribution in [0.1, 0.15) is 11.1 Å². The molecule has 0 spiro atoms. The molecule has 110 valence electrons. The molecule has 2 aromatic rings. The van der Waals surface area contributed by atoms with Crippen LogP contribution in [0.4, 0.5) is 17.1 Å². The van der Waals surface area contributed by atoms with Gasteiger partial charge in [-0.3, -0.25) is 0 Å². The van der Waals surface area contributed by atoms with Crippen LogP contribution in [0.15, 0.2) is 40.6 Å². The van der Waals surface area contributed by atoms with E-state index in [1.165, 1.54) is 0 Å². The van der Waals surface area contributed by atoms with E-state index in [0.717, 1.165) is 22.5 Å². The standard InChI is InChI=1S/C16H17Cl2N3/c1-10-7-13(21(3)4)8-11(2)16(10)20-19-15-9-12(17)5-6-14(15)18/h5-9H,1-4H3. The zero-order valence-corrected chi connectivity index (χ0v) is 14.0. The summed E-state index contributed by atoms with van der Waals surface area (Å²) in [6.07, 6.45) is 0. The Hall–Kier alpha value is -1.58. The molecule has 5 heteroatoms. The third-order valence-electron chi connectivity index (χ3n) is 3.16. The van der Waals surface area contributed by atoms with Gasteiger partial charge in [-0.05, 0) is 55.3 Å². The molecule has 0 fully saturated rings. The molecule has 2 aromatic carbocycles. The van der Waals surface area contributed by atoms with E-state index in [-0.39, 0.29) is 0 Å². The van der Waals surface area contributed by atoms with Crippen molar-refractivity contribution < 1.29 is 0 Å². The second-order valence-electron chi connectivity index (χ2n) is 5.12. The topological polar surface area (TPSA) is 28.0 Å². The van der Waals surface area contributed by atoms with Crippen molar-refractivity contribution >= 4 is 40.3 Å². The zero-order valence-electron chi connectivity index (χ0n) is 12.5. The number of rotatable bonds is 3. The Morgan fingerprint density at radius 1 is 0.905 bits per heavy atom. The summed E-state index contributed by atoms with van der Waals surface area (Å²) in [5.41, 5.74) is 4.71. The van der Waals surface area contributed by atoms with Crippen molar-refractivity contribution in [2.45, 2.75) is 13.8 Å². The molecular weight excluding hydrogens is 305 g/mol. The van der Waals surface area contributed by atoms with Gasteiger partial charge in [-0.1, -0.05) is 23.2 Å². The average Bonchev–Trinajstić information content (AvgIpc) is 2.41. The first-order chi connectivity index (χ1) is 9.88. The van der Waals surface area contributed by atoms with Crippen LogP contribution in [0.5, 0.6) is 0 Å². The highest BCUT2D eigenvalue weighted by Crippen LogP contribution is 2.33. The highest BCUT2D eigenvalue weighted by molar-refractivity contribution is 6.35. The van der Waals surface area contributed by atoms with Crippen molar-refractivity contribution in [3.8, 4) is 0 Å². The number of anilines is 1. The van der Waals surface area contributed by atoms with E-state index in [2.05, 4.69) is 27.3 Å². The molecule has 21 heavy (non-hydrogen) atoms. The van der Waals surface area contributed by atoms with E-state index < -0.39 is 0 Å². The molecule has 0 atom stereocenters. The molecular formula is C16H17Cl2N3. The van der Waals surface area contributed by atoms with Gasteiger partial charge in [0.2, 0.25) is 0 Å². The lowest BCUT2D eigenvalue weighted by Gasteiger charge is -2.15. The van der Waals surface area contributed by atoms with Crippen molar-refractivity contribution in [3.63, 3.8) is 0 Å². The lowest BCUT2D eigenvalue weighted by Crippen LogP contribution is -2.08. The maximum atomic E-state index is 6.09. The zero-order chi connectivity index (χ0) is 15.6. The van der Waals surface area contributed by atoms with E-state index in [9.17, 15) is 0 Å². The summed E-state index contributed by atoms with van der Waals surface area (Å²) in [5, 5.41) is 9.69. The second-order valence-corrected chi connectivity index (χ2v) is 5.96. The van der Waals surface area contributed by atoms with Crippen molar-refractivity contribution in [3.05, 3.63) is 51.5 Å². The Labute approximate surface area is 135 Å². The van der Waals surface area contributed by atoms with Gasteiger partial charge in [-0.25, -0.2) is 0 Å². The van der Waals surface area contributed by atoms with Gasteiger partial charge in [0.15, 0.2) is 0 Å². The number of hydrogen-bond acceptors (Lipinski definition) is 3. The van der Waals surface area contributed by atoms with Crippen LogP contribution in [0.25, 0.3) is 0 Å². The smallest absolute Gasteiger partial charge is 0.106 e. The van der Waals surface area contributed by atoms with Crippen LogP contribution in [0.3, 0.4) is 0 Å². The number of nitrogens with zero attached hydrogens (tertiary/aromatic N) is 3.